The molecule has 1 aromatic carbocycles. The predicted molar refractivity (Wildman–Crippen MR) is 119 cm³/mol. The lowest BCUT2D eigenvalue weighted by molar-refractivity contribution is -0.111. The monoisotopic (exact) mass is 424 g/mol. The zero-order chi connectivity index (χ0) is 21.7. The number of benzene rings is 1. The molecule has 1 N–H and O–H groups in total. The van der Waals surface area contributed by atoms with Crippen LogP contribution in [0.4, 0.5) is 15.5 Å². The summed E-state index contributed by atoms with van der Waals surface area (Å²) in [6.45, 7) is 2.97. The first-order chi connectivity index (χ1) is 14.4. The summed E-state index contributed by atoms with van der Waals surface area (Å²) in [5.74, 6) is -0.302. The third-order valence-corrected chi connectivity index (χ3v) is 5.90. The Morgan fingerprint density at radius 2 is 2.07 bits per heavy atom. The van der Waals surface area contributed by atoms with Gasteiger partial charge in [-0.1, -0.05) is 12.1 Å². The van der Waals surface area contributed by atoms with E-state index in [-0.39, 0.29) is 12.0 Å². The van der Waals surface area contributed by atoms with Crippen molar-refractivity contribution >= 4 is 40.1 Å². The Hall–Kier alpha value is -3.31. The molecule has 1 aromatic heterocycles. The average molecular weight is 425 g/mol. The number of ether oxygens (including phenoxy) is 1. The van der Waals surface area contributed by atoms with E-state index >= 15 is 0 Å². The lowest BCUT2D eigenvalue weighted by atomic mass is 10.0. The summed E-state index contributed by atoms with van der Waals surface area (Å²) in [6.07, 6.45) is 3.40. The van der Waals surface area contributed by atoms with E-state index < -0.39 is 0 Å². The van der Waals surface area contributed by atoms with Crippen LogP contribution in [0.15, 0.2) is 30.3 Å². The van der Waals surface area contributed by atoms with Gasteiger partial charge in [0.1, 0.15) is 11.1 Å². The third kappa shape index (κ3) is 4.81. The zero-order valence-corrected chi connectivity index (χ0v) is 18.1. The van der Waals surface area contributed by atoms with Gasteiger partial charge in [0.05, 0.1) is 18.7 Å². The number of nitrogens with zero attached hydrogens (tertiary/aromatic N) is 3. The normalized spacial score (nSPS) is 12.9. The van der Waals surface area contributed by atoms with E-state index in [0.717, 1.165) is 21.7 Å². The van der Waals surface area contributed by atoms with Gasteiger partial charge < -0.3 is 19.9 Å². The molecule has 3 rings (SSSR count). The minimum atomic E-state index is -0.358. The Bertz CT molecular complexity index is 1000. The fraction of sp³-hybridized carbons (Fsp3) is 0.318. The second kappa shape index (κ2) is 9.46. The number of hydrogen-bond donors (Lipinski definition) is 1. The number of nitrogens with one attached hydrogen (secondary N) is 1. The molecule has 156 valence electrons. The van der Waals surface area contributed by atoms with Gasteiger partial charge in [-0.15, -0.1) is 11.3 Å². The highest BCUT2D eigenvalue weighted by Gasteiger charge is 2.27. The van der Waals surface area contributed by atoms with E-state index in [0.29, 0.717) is 36.7 Å². The van der Waals surface area contributed by atoms with Crippen molar-refractivity contribution < 1.29 is 14.3 Å². The highest BCUT2D eigenvalue weighted by atomic mass is 32.1. The van der Waals surface area contributed by atoms with Crippen molar-refractivity contribution in [3.8, 4) is 6.07 Å². The van der Waals surface area contributed by atoms with Gasteiger partial charge in [-0.2, -0.15) is 5.26 Å². The van der Waals surface area contributed by atoms with Gasteiger partial charge in [-0.25, -0.2) is 4.79 Å². The molecule has 1 aliphatic heterocycles. The summed E-state index contributed by atoms with van der Waals surface area (Å²) < 4.78 is 5.06. The van der Waals surface area contributed by atoms with Gasteiger partial charge in [-0.05, 0) is 42.7 Å². The predicted octanol–water partition coefficient (Wildman–Crippen LogP) is 3.85. The van der Waals surface area contributed by atoms with Crippen LogP contribution in [-0.4, -0.2) is 44.1 Å². The van der Waals surface area contributed by atoms with Gasteiger partial charge in [0, 0.05) is 37.3 Å². The third-order valence-electron chi connectivity index (χ3n) is 4.77. The lowest BCUT2D eigenvalue weighted by Gasteiger charge is -2.25. The number of amides is 2. The number of hydrogen-bond acceptors (Lipinski definition) is 6. The minimum absolute atomic E-state index is 0.302. The molecule has 0 saturated heterocycles. The Balaban J connectivity index is 1.70. The van der Waals surface area contributed by atoms with Crippen molar-refractivity contribution in [3.05, 3.63) is 51.9 Å². The molecule has 0 spiro atoms. The fourth-order valence-corrected chi connectivity index (χ4v) is 4.41. The van der Waals surface area contributed by atoms with Gasteiger partial charge in [0.15, 0.2) is 0 Å². The van der Waals surface area contributed by atoms with Crippen molar-refractivity contribution in [2.75, 3.05) is 37.5 Å². The number of anilines is 2. The number of nitriles is 1. The Morgan fingerprint density at radius 3 is 2.70 bits per heavy atom. The summed E-state index contributed by atoms with van der Waals surface area (Å²) >= 11 is 1.34. The quantitative estimate of drug-likeness (QED) is 0.737. The molecule has 0 atom stereocenters. The second-order valence-corrected chi connectivity index (χ2v) is 8.10. The summed E-state index contributed by atoms with van der Waals surface area (Å²) in [5, 5.41) is 12.9. The van der Waals surface area contributed by atoms with Gasteiger partial charge in [0.25, 0.3) is 0 Å². The number of thiophene rings is 1. The molecular formula is C22H24N4O3S. The van der Waals surface area contributed by atoms with E-state index in [1.165, 1.54) is 17.4 Å². The molecule has 0 bridgehead atoms. The van der Waals surface area contributed by atoms with Crippen molar-refractivity contribution in [2.24, 2.45) is 0 Å². The maximum atomic E-state index is 12.4. The molecule has 2 heterocycles. The van der Waals surface area contributed by atoms with Crippen LogP contribution < -0.4 is 10.2 Å². The number of fused-ring (bicyclic) bond motifs is 1. The SMILES string of the molecule is CCOC(=O)N1CCc2c(sc(NC(=O)C=Cc3ccc(N(C)C)cc3)c2C#N)C1. The van der Waals surface area contributed by atoms with Crippen LogP contribution in [0, 0.1) is 11.3 Å². The molecule has 0 aliphatic carbocycles. The highest BCUT2D eigenvalue weighted by molar-refractivity contribution is 7.16. The molecule has 8 heteroatoms. The minimum Gasteiger partial charge on any atom is -0.450 e. The van der Waals surface area contributed by atoms with E-state index in [1.807, 2.05) is 43.3 Å². The molecule has 7 nitrogen and oxygen atoms in total. The Morgan fingerprint density at radius 1 is 1.33 bits per heavy atom. The standard InChI is InChI=1S/C22H24N4O3S/c1-4-29-22(28)26-12-11-17-18(13-23)21(30-19(17)14-26)24-20(27)10-7-15-5-8-16(9-6-15)25(2)3/h5-10H,4,11-12,14H2,1-3H3,(H,24,27). The van der Waals surface area contributed by atoms with Crippen LogP contribution in [0.5, 0.6) is 0 Å². The molecule has 2 aromatic rings. The first kappa shape index (κ1) is 21.4. The van der Waals surface area contributed by atoms with Crippen LogP contribution in [-0.2, 0) is 22.5 Å². The van der Waals surface area contributed by atoms with Crippen LogP contribution in [0.1, 0.15) is 28.5 Å². The Labute approximate surface area is 180 Å². The molecule has 2 amide bonds. The lowest BCUT2D eigenvalue weighted by Crippen LogP contribution is -2.35. The number of carbonyl (C=O) groups excluding carboxylic acids is 2. The van der Waals surface area contributed by atoms with Crippen LogP contribution in [0.25, 0.3) is 6.08 Å². The zero-order valence-electron chi connectivity index (χ0n) is 17.3. The summed E-state index contributed by atoms with van der Waals surface area (Å²) in [5.41, 5.74) is 3.38. The Kier molecular flexibility index (Phi) is 6.75. The van der Waals surface area contributed by atoms with Crippen molar-refractivity contribution in [1.29, 1.82) is 5.26 Å². The average Bonchev–Trinajstić information content (AvgIpc) is 3.08. The molecule has 0 radical (unpaired) electrons. The highest BCUT2D eigenvalue weighted by Crippen LogP contribution is 2.36. The van der Waals surface area contributed by atoms with Gasteiger partial charge >= 0.3 is 6.09 Å². The molecule has 1 aliphatic rings. The smallest absolute Gasteiger partial charge is 0.410 e. The summed E-state index contributed by atoms with van der Waals surface area (Å²) in [6, 6.07) is 10.0. The van der Waals surface area contributed by atoms with E-state index in [1.54, 1.807) is 17.9 Å². The first-order valence-electron chi connectivity index (χ1n) is 9.65. The number of rotatable bonds is 5. The molecule has 0 fully saturated rings. The topological polar surface area (TPSA) is 85.7 Å². The summed E-state index contributed by atoms with van der Waals surface area (Å²) in [7, 11) is 3.94. The van der Waals surface area contributed by atoms with Crippen LogP contribution in [0.2, 0.25) is 0 Å². The van der Waals surface area contributed by atoms with Crippen molar-refractivity contribution in [1.82, 2.24) is 4.90 Å². The molecule has 30 heavy (non-hydrogen) atoms. The maximum absolute atomic E-state index is 12.4. The van der Waals surface area contributed by atoms with Crippen molar-refractivity contribution in [2.45, 2.75) is 19.9 Å². The van der Waals surface area contributed by atoms with E-state index in [2.05, 4.69) is 11.4 Å². The van der Waals surface area contributed by atoms with E-state index in [9.17, 15) is 14.9 Å². The largest absolute Gasteiger partial charge is 0.450 e. The molecule has 0 saturated carbocycles. The van der Waals surface area contributed by atoms with Crippen LogP contribution >= 0.6 is 11.3 Å². The number of carbonyl (C=O) groups is 2. The van der Waals surface area contributed by atoms with Gasteiger partial charge in [0.2, 0.25) is 5.91 Å². The van der Waals surface area contributed by atoms with E-state index in [4.69, 9.17) is 4.74 Å². The first-order valence-corrected chi connectivity index (χ1v) is 10.5. The molecular weight excluding hydrogens is 400 g/mol. The van der Waals surface area contributed by atoms with Crippen LogP contribution in [0.3, 0.4) is 0 Å². The van der Waals surface area contributed by atoms with Gasteiger partial charge in [-0.3, -0.25) is 4.79 Å². The second-order valence-electron chi connectivity index (χ2n) is 7.00. The molecule has 0 unspecified atom stereocenters. The van der Waals surface area contributed by atoms with Crippen molar-refractivity contribution in [3.63, 3.8) is 0 Å². The summed E-state index contributed by atoms with van der Waals surface area (Å²) in [4.78, 5) is 28.9. The maximum Gasteiger partial charge on any atom is 0.410 e. The fourth-order valence-electron chi connectivity index (χ4n) is 3.19.